The third kappa shape index (κ3) is 6.86. The van der Waals surface area contributed by atoms with Crippen LogP contribution in [0, 0.1) is 0 Å². The molecule has 0 spiro atoms. The van der Waals surface area contributed by atoms with Crippen molar-refractivity contribution in [2.24, 2.45) is 0 Å². The maximum Gasteiger partial charge on any atom is 0.273 e. The highest BCUT2D eigenvalue weighted by Crippen LogP contribution is 2.15. The van der Waals surface area contributed by atoms with Gasteiger partial charge in [-0.1, -0.05) is 0 Å². The molecule has 2 rings (SSSR count). The van der Waals surface area contributed by atoms with E-state index in [1.54, 1.807) is 17.0 Å². The van der Waals surface area contributed by atoms with Gasteiger partial charge in [0.15, 0.2) is 11.4 Å². The average Bonchev–Trinajstić information content (AvgIpc) is 2.66. The van der Waals surface area contributed by atoms with E-state index in [0.29, 0.717) is 51.2 Å². The lowest BCUT2D eigenvalue weighted by Gasteiger charge is -2.22. The molecule has 1 aliphatic rings. The van der Waals surface area contributed by atoms with Crippen LogP contribution in [0.1, 0.15) is 29.8 Å². The number of ether oxygens (including phenoxy) is 2. The average molecular weight is 378 g/mol. The molecule has 3 amide bonds. The Labute approximate surface area is 158 Å². The van der Waals surface area contributed by atoms with Crippen molar-refractivity contribution in [1.82, 2.24) is 20.5 Å². The highest BCUT2D eigenvalue weighted by atomic mass is 16.5. The van der Waals surface area contributed by atoms with Crippen molar-refractivity contribution in [2.75, 3.05) is 46.5 Å². The van der Waals surface area contributed by atoms with E-state index >= 15 is 0 Å². The standard InChI is InChI=1S/C18H26N4O5/c1-26-13-16(24)22-10-3-6-15(23)19-9-12-27-14-5-2-7-20-17(14)18(25)21-8-4-11-22/h2,5,7H,3-4,6,8-13H2,1H3,(H,19,23)(H,21,25). The molecule has 148 valence electrons. The van der Waals surface area contributed by atoms with Gasteiger partial charge in [-0.3, -0.25) is 14.4 Å². The van der Waals surface area contributed by atoms with E-state index in [-0.39, 0.29) is 36.6 Å². The molecule has 9 nitrogen and oxygen atoms in total. The van der Waals surface area contributed by atoms with Crippen LogP contribution in [0.15, 0.2) is 18.3 Å². The van der Waals surface area contributed by atoms with E-state index in [1.807, 2.05) is 0 Å². The number of aromatic nitrogens is 1. The first kappa shape index (κ1) is 20.6. The first-order valence-electron chi connectivity index (χ1n) is 9.01. The van der Waals surface area contributed by atoms with Gasteiger partial charge < -0.3 is 25.0 Å². The molecule has 1 aromatic rings. The summed E-state index contributed by atoms with van der Waals surface area (Å²) in [6, 6.07) is 3.35. The first-order chi connectivity index (χ1) is 13.1. The molecule has 0 aliphatic carbocycles. The van der Waals surface area contributed by atoms with Gasteiger partial charge in [0.1, 0.15) is 13.2 Å². The smallest absolute Gasteiger partial charge is 0.273 e. The summed E-state index contributed by atoms with van der Waals surface area (Å²) in [5.74, 6) is -0.204. The largest absolute Gasteiger partial charge is 0.489 e. The topological polar surface area (TPSA) is 110 Å². The van der Waals surface area contributed by atoms with Crippen LogP contribution in [0.3, 0.4) is 0 Å². The first-order valence-corrected chi connectivity index (χ1v) is 9.01. The minimum Gasteiger partial charge on any atom is -0.489 e. The quantitative estimate of drug-likeness (QED) is 0.748. The van der Waals surface area contributed by atoms with Crippen LogP contribution < -0.4 is 15.4 Å². The number of nitrogens with zero attached hydrogens (tertiary/aromatic N) is 2. The number of hydrogen-bond acceptors (Lipinski definition) is 6. The number of methoxy groups -OCH3 is 1. The molecule has 9 heteroatoms. The van der Waals surface area contributed by atoms with Crippen LogP contribution in [0.4, 0.5) is 0 Å². The number of carbonyl (C=O) groups excluding carboxylic acids is 3. The van der Waals surface area contributed by atoms with Gasteiger partial charge in [0, 0.05) is 39.4 Å². The Morgan fingerprint density at radius 2 is 2.07 bits per heavy atom. The second-order valence-corrected chi connectivity index (χ2v) is 6.08. The molecular formula is C18H26N4O5. The summed E-state index contributed by atoms with van der Waals surface area (Å²) >= 11 is 0. The maximum absolute atomic E-state index is 12.3. The SMILES string of the molecule is COCC(=O)N1CCCNC(=O)c2ncccc2OCCNC(=O)CCC1. The molecule has 0 aromatic carbocycles. The molecule has 0 fully saturated rings. The van der Waals surface area contributed by atoms with Crippen LogP contribution >= 0.6 is 0 Å². The monoisotopic (exact) mass is 378 g/mol. The van der Waals surface area contributed by atoms with E-state index in [4.69, 9.17) is 9.47 Å². The van der Waals surface area contributed by atoms with Gasteiger partial charge >= 0.3 is 0 Å². The Kier molecular flexibility index (Phi) is 8.50. The molecule has 27 heavy (non-hydrogen) atoms. The normalized spacial score (nSPS) is 17.3. The minimum atomic E-state index is -0.337. The summed E-state index contributed by atoms with van der Waals surface area (Å²) in [7, 11) is 1.47. The maximum atomic E-state index is 12.3. The zero-order valence-electron chi connectivity index (χ0n) is 15.5. The molecule has 1 aliphatic heterocycles. The van der Waals surface area contributed by atoms with E-state index in [0.717, 1.165) is 0 Å². The lowest BCUT2D eigenvalue weighted by molar-refractivity contribution is -0.135. The Bertz CT molecular complexity index is 652. The lowest BCUT2D eigenvalue weighted by Crippen LogP contribution is -2.38. The molecule has 2 heterocycles. The lowest BCUT2D eigenvalue weighted by atomic mass is 10.2. The van der Waals surface area contributed by atoms with Gasteiger partial charge in [-0.15, -0.1) is 0 Å². The third-order valence-corrected chi connectivity index (χ3v) is 4.01. The van der Waals surface area contributed by atoms with Gasteiger partial charge in [-0.25, -0.2) is 4.98 Å². The van der Waals surface area contributed by atoms with Crippen LogP contribution in [-0.2, 0) is 14.3 Å². The zero-order chi connectivity index (χ0) is 19.5. The summed E-state index contributed by atoms with van der Waals surface area (Å²) in [6.45, 7) is 1.87. The van der Waals surface area contributed by atoms with Crippen molar-refractivity contribution >= 4 is 17.7 Å². The van der Waals surface area contributed by atoms with Crippen molar-refractivity contribution in [3.8, 4) is 5.75 Å². The van der Waals surface area contributed by atoms with Crippen molar-refractivity contribution < 1.29 is 23.9 Å². The Balaban J connectivity index is 2.04. The fraction of sp³-hybridized carbons (Fsp3) is 0.556. The summed E-state index contributed by atoms with van der Waals surface area (Å²) in [5, 5.41) is 5.56. The molecule has 0 unspecified atom stereocenters. The zero-order valence-corrected chi connectivity index (χ0v) is 15.5. The van der Waals surface area contributed by atoms with Gasteiger partial charge in [-0.05, 0) is 25.0 Å². The molecule has 2 N–H and O–H groups in total. The predicted octanol–water partition coefficient (Wildman–Crippen LogP) is -0.0347. The molecule has 1 aromatic heterocycles. The van der Waals surface area contributed by atoms with E-state index < -0.39 is 0 Å². The molecule has 0 saturated carbocycles. The van der Waals surface area contributed by atoms with Gasteiger partial charge in [0.25, 0.3) is 5.91 Å². The van der Waals surface area contributed by atoms with Crippen LogP contribution in [0.25, 0.3) is 0 Å². The van der Waals surface area contributed by atoms with Crippen molar-refractivity contribution in [3.05, 3.63) is 24.0 Å². The van der Waals surface area contributed by atoms with E-state index in [9.17, 15) is 14.4 Å². The highest BCUT2D eigenvalue weighted by Gasteiger charge is 2.16. The van der Waals surface area contributed by atoms with E-state index in [2.05, 4.69) is 15.6 Å². The summed E-state index contributed by atoms with van der Waals surface area (Å²) in [4.78, 5) is 42.1. The minimum absolute atomic E-state index is 0.00676. The fourth-order valence-electron chi connectivity index (χ4n) is 2.68. The van der Waals surface area contributed by atoms with E-state index in [1.165, 1.54) is 13.3 Å². The molecule has 0 bridgehead atoms. The van der Waals surface area contributed by atoms with Crippen molar-refractivity contribution in [2.45, 2.75) is 19.3 Å². The number of rotatable bonds is 2. The van der Waals surface area contributed by atoms with Gasteiger partial charge in [-0.2, -0.15) is 0 Å². The summed E-state index contributed by atoms with van der Waals surface area (Å²) in [6.07, 6.45) is 2.98. The fourth-order valence-corrected chi connectivity index (χ4v) is 2.68. The summed E-state index contributed by atoms with van der Waals surface area (Å²) in [5.41, 5.74) is 0.197. The molecular weight excluding hydrogens is 352 g/mol. The highest BCUT2D eigenvalue weighted by molar-refractivity contribution is 5.94. The second-order valence-electron chi connectivity index (χ2n) is 6.08. The number of carbonyl (C=O) groups is 3. The van der Waals surface area contributed by atoms with Crippen LogP contribution in [0.2, 0.25) is 0 Å². The van der Waals surface area contributed by atoms with Crippen molar-refractivity contribution in [1.29, 1.82) is 0 Å². The summed E-state index contributed by atoms with van der Waals surface area (Å²) < 4.78 is 10.5. The Hall–Kier alpha value is -2.68. The molecule has 0 saturated heterocycles. The number of fused-ring (bicyclic) bond motifs is 1. The number of pyridine rings is 1. The predicted molar refractivity (Wildman–Crippen MR) is 97.4 cm³/mol. The molecule has 0 atom stereocenters. The molecule has 0 radical (unpaired) electrons. The van der Waals surface area contributed by atoms with Crippen LogP contribution in [0.5, 0.6) is 5.75 Å². The number of nitrogens with one attached hydrogen (secondary N) is 2. The Morgan fingerprint density at radius 1 is 1.26 bits per heavy atom. The van der Waals surface area contributed by atoms with Crippen LogP contribution in [-0.4, -0.2) is 74.1 Å². The number of amides is 3. The van der Waals surface area contributed by atoms with Gasteiger partial charge in [0.2, 0.25) is 11.8 Å². The number of hydrogen-bond donors (Lipinski definition) is 2. The third-order valence-electron chi connectivity index (χ3n) is 4.01. The second kappa shape index (κ2) is 11.1. The van der Waals surface area contributed by atoms with Crippen molar-refractivity contribution in [3.63, 3.8) is 0 Å². The Morgan fingerprint density at radius 3 is 2.89 bits per heavy atom. The van der Waals surface area contributed by atoms with Gasteiger partial charge in [0.05, 0.1) is 6.54 Å².